The van der Waals surface area contributed by atoms with Crippen molar-refractivity contribution >= 4 is 22.9 Å². The van der Waals surface area contributed by atoms with Crippen molar-refractivity contribution in [3.8, 4) is 0 Å². The molecule has 2 atom stereocenters. The molecule has 2 rings (SSSR count). The number of hydrogen-bond donors (Lipinski definition) is 2. The van der Waals surface area contributed by atoms with Gasteiger partial charge in [-0.3, -0.25) is 9.78 Å². The van der Waals surface area contributed by atoms with Crippen LogP contribution in [0.25, 0.3) is 17.0 Å². The van der Waals surface area contributed by atoms with Crippen molar-refractivity contribution < 1.29 is 19.7 Å². The molecule has 0 aliphatic rings. The molecule has 0 aliphatic carbocycles. The monoisotopic (exact) mass is 399 g/mol. The summed E-state index contributed by atoms with van der Waals surface area (Å²) in [4.78, 5) is 15.6. The fraction of sp³-hybridized carbons (Fsp3) is 0.500. The number of unbranched alkanes of at least 4 members (excludes halogenated alkanes) is 3. The highest BCUT2D eigenvalue weighted by atomic mass is 16.5. The molecule has 158 valence electrons. The number of pyridine rings is 1. The number of carbonyl (C=O) groups is 1. The highest BCUT2D eigenvalue weighted by Gasteiger charge is 2.11. The Morgan fingerprint density at radius 3 is 2.72 bits per heavy atom. The van der Waals surface area contributed by atoms with Gasteiger partial charge in [0.05, 0.1) is 24.8 Å². The average Bonchev–Trinajstić information content (AvgIpc) is 2.74. The van der Waals surface area contributed by atoms with Gasteiger partial charge in [-0.2, -0.15) is 0 Å². The molecule has 0 aliphatic heterocycles. The van der Waals surface area contributed by atoms with Gasteiger partial charge < -0.3 is 14.9 Å². The summed E-state index contributed by atoms with van der Waals surface area (Å²) < 4.78 is 4.64. The Hall–Kier alpha value is -2.24. The van der Waals surface area contributed by atoms with Crippen molar-refractivity contribution in [3.05, 3.63) is 47.7 Å². The van der Waals surface area contributed by atoms with E-state index >= 15 is 0 Å². The zero-order valence-electron chi connectivity index (χ0n) is 17.5. The minimum absolute atomic E-state index is 0.263. The molecule has 0 spiro atoms. The van der Waals surface area contributed by atoms with E-state index in [-0.39, 0.29) is 5.97 Å². The molecule has 1 aromatic carbocycles. The quantitative estimate of drug-likeness (QED) is 0.390. The Morgan fingerprint density at radius 2 is 1.97 bits per heavy atom. The number of rotatable bonds is 12. The molecule has 1 aromatic heterocycles. The van der Waals surface area contributed by atoms with Gasteiger partial charge in [0.1, 0.15) is 0 Å². The molecule has 5 nitrogen and oxygen atoms in total. The minimum Gasteiger partial charge on any atom is -0.469 e. The van der Waals surface area contributed by atoms with Crippen molar-refractivity contribution in [1.82, 2.24) is 4.98 Å². The van der Waals surface area contributed by atoms with Crippen LogP contribution >= 0.6 is 0 Å². The van der Waals surface area contributed by atoms with Gasteiger partial charge in [-0.1, -0.05) is 50.8 Å². The molecule has 2 aromatic rings. The van der Waals surface area contributed by atoms with Gasteiger partial charge in [0.25, 0.3) is 0 Å². The SMILES string of the molecule is CCCCCCC(O)/C=C/c1ccnc2ccc(C(O)CCCC(=O)OC)cc12. The number of nitrogens with zero attached hydrogens (tertiary/aromatic N) is 1. The van der Waals surface area contributed by atoms with Crippen LogP contribution in [-0.2, 0) is 9.53 Å². The summed E-state index contributed by atoms with van der Waals surface area (Å²) in [6, 6.07) is 7.62. The summed E-state index contributed by atoms with van der Waals surface area (Å²) in [5, 5.41) is 21.6. The fourth-order valence-corrected chi connectivity index (χ4v) is 3.34. The van der Waals surface area contributed by atoms with Crippen LogP contribution in [0, 0.1) is 0 Å². The van der Waals surface area contributed by atoms with Crippen LogP contribution in [0.5, 0.6) is 0 Å². The predicted octanol–water partition coefficient (Wildman–Crippen LogP) is 4.96. The van der Waals surface area contributed by atoms with E-state index in [1.165, 1.54) is 20.0 Å². The number of aliphatic hydroxyl groups is 2. The normalized spacial score (nSPS) is 13.7. The van der Waals surface area contributed by atoms with Crippen LogP contribution in [-0.4, -0.2) is 34.4 Å². The summed E-state index contributed by atoms with van der Waals surface area (Å²) in [6.45, 7) is 2.18. The van der Waals surface area contributed by atoms with Crippen molar-refractivity contribution in [2.75, 3.05) is 7.11 Å². The van der Waals surface area contributed by atoms with Gasteiger partial charge in [-0.15, -0.1) is 0 Å². The topological polar surface area (TPSA) is 79.7 Å². The Labute approximate surface area is 173 Å². The van der Waals surface area contributed by atoms with Gasteiger partial charge in [-0.25, -0.2) is 0 Å². The number of fused-ring (bicyclic) bond motifs is 1. The fourth-order valence-electron chi connectivity index (χ4n) is 3.34. The van der Waals surface area contributed by atoms with Gasteiger partial charge >= 0.3 is 5.97 Å². The summed E-state index contributed by atoms with van der Waals surface area (Å²) >= 11 is 0. The molecular formula is C24H33NO4. The molecular weight excluding hydrogens is 366 g/mol. The minimum atomic E-state index is -0.648. The van der Waals surface area contributed by atoms with Crippen molar-refractivity contribution in [2.45, 2.75) is 70.5 Å². The molecule has 0 saturated heterocycles. The summed E-state index contributed by atoms with van der Waals surface area (Å²) in [6.07, 6.45) is 11.1. The Bertz CT molecular complexity index is 803. The van der Waals surface area contributed by atoms with E-state index in [0.29, 0.717) is 19.3 Å². The van der Waals surface area contributed by atoms with Gasteiger partial charge in [-0.05, 0) is 48.6 Å². The molecule has 29 heavy (non-hydrogen) atoms. The number of methoxy groups -OCH3 is 1. The highest BCUT2D eigenvalue weighted by Crippen LogP contribution is 2.26. The second-order valence-corrected chi connectivity index (χ2v) is 7.44. The third-order valence-electron chi connectivity index (χ3n) is 5.12. The van der Waals surface area contributed by atoms with Crippen LogP contribution in [0.3, 0.4) is 0 Å². The van der Waals surface area contributed by atoms with E-state index in [2.05, 4.69) is 16.6 Å². The molecule has 5 heteroatoms. The zero-order valence-corrected chi connectivity index (χ0v) is 17.5. The average molecular weight is 400 g/mol. The van der Waals surface area contributed by atoms with Gasteiger partial charge in [0.15, 0.2) is 0 Å². The Kier molecular flexibility index (Phi) is 9.81. The number of benzene rings is 1. The first-order valence-electron chi connectivity index (χ1n) is 10.5. The number of hydrogen-bond acceptors (Lipinski definition) is 5. The third kappa shape index (κ3) is 7.59. The molecule has 0 saturated carbocycles. The highest BCUT2D eigenvalue weighted by molar-refractivity contribution is 5.88. The maximum absolute atomic E-state index is 11.2. The lowest BCUT2D eigenvalue weighted by Gasteiger charge is -2.12. The van der Waals surface area contributed by atoms with Gasteiger partial charge in [0, 0.05) is 18.0 Å². The lowest BCUT2D eigenvalue weighted by Crippen LogP contribution is -2.03. The van der Waals surface area contributed by atoms with Crippen LogP contribution in [0.1, 0.15) is 75.5 Å². The molecule has 1 heterocycles. The lowest BCUT2D eigenvalue weighted by molar-refractivity contribution is -0.140. The zero-order chi connectivity index (χ0) is 21.1. The number of aromatic nitrogens is 1. The molecule has 0 bridgehead atoms. The largest absolute Gasteiger partial charge is 0.469 e. The van der Waals surface area contributed by atoms with E-state index in [1.807, 2.05) is 36.4 Å². The second-order valence-electron chi connectivity index (χ2n) is 7.44. The molecule has 2 unspecified atom stereocenters. The van der Waals surface area contributed by atoms with Crippen LogP contribution in [0.4, 0.5) is 0 Å². The summed E-state index contributed by atoms with van der Waals surface area (Å²) in [7, 11) is 1.37. The maximum atomic E-state index is 11.2. The predicted molar refractivity (Wildman–Crippen MR) is 116 cm³/mol. The Morgan fingerprint density at radius 1 is 1.14 bits per heavy atom. The van der Waals surface area contributed by atoms with E-state index in [4.69, 9.17) is 0 Å². The van der Waals surface area contributed by atoms with Crippen molar-refractivity contribution in [3.63, 3.8) is 0 Å². The maximum Gasteiger partial charge on any atom is 0.305 e. The third-order valence-corrected chi connectivity index (χ3v) is 5.12. The van der Waals surface area contributed by atoms with E-state index in [9.17, 15) is 15.0 Å². The smallest absolute Gasteiger partial charge is 0.305 e. The van der Waals surface area contributed by atoms with Crippen LogP contribution < -0.4 is 0 Å². The van der Waals surface area contributed by atoms with Crippen LogP contribution in [0.2, 0.25) is 0 Å². The first kappa shape index (κ1) is 23.0. The standard InChI is InChI=1S/C24H33NO4/c1-3-4-5-6-8-20(26)13-11-18-15-16-25-22-14-12-19(17-21(18)22)23(27)9-7-10-24(28)29-2/h11-17,20,23,26-27H,3-10H2,1-2H3/b13-11+. The molecule has 0 fully saturated rings. The molecule has 0 amide bonds. The van der Waals surface area contributed by atoms with Crippen LogP contribution in [0.15, 0.2) is 36.5 Å². The Balaban J connectivity index is 2.06. The lowest BCUT2D eigenvalue weighted by atomic mass is 9.99. The van der Waals surface area contributed by atoms with Gasteiger partial charge in [0.2, 0.25) is 0 Å². The van der Waals surface area contributed by atoms with Crippen molar-refractivity contribution in [2.24, 2.45) is 0 Å². The number of esters is 1. The summed E-state index contributed by atoms with van der Waals surface area (Å²) in [5.41, 5.74) is 2.60. The molecule has 2 N–H and O–H groups in total. The van der Waals surface area contributed by atoms with E-state index < -0.39 is 12.2 Å². The number of aliphatic hydroxyl groups excluding tert-OH is 2. The second kappa shape index (κ2) is 12.3. The number of carbonyl (C=O) groups excluding carboxylic acids is 1. The van der Waals surface area contributed by atoms with E-state index in [0.717, 1.165) is 41.3 Å². The van der Waals surface area contributed by atoms with E-state index in [1.54, 1.807) is 6.20 Å². The first-order chi connectivity index (χ1) is 14.0. The first-order valence-corrected chi connectivity index (χ1v) is 10.5. The number of ether oxygens (including phenoxy) is 1. The summed E-state index contributed by atoms with van der Waals surface area (Å²) in [5.74, 6) is -0.263. The molecule has 0 radical (unpaired) electrons. The van der Waals surface area contributed by atoms with Crippen molar-refractivity contribution in [1.29, 1.82) is 0 Å².